The number of hydrogen-bond acceptors (Lipinski definition) is 9. The van der Waals surface area contributed by atoms with Crippen molar-refractivity contribution in [1.29, 1.82) is 0 Å². The van der Waals surface area contributed by atoms with Crippen molar-refractivity contribution in [2.45, 2.75) is 126 Å². The fourth-order valence-electron chi connectivity index (χ4n) is 9.02. The van der Waals surface area contributed by atoms with Crippen LogP contribution in [0.15, 0.2) is 4.99 Å². The minimum absolute atomic E-state index is 0.0743. The lowest BCUT2D eigenvalue weighted by Gasteiger charge is -2.46. The van der Waals surface area contributed by atoms with Gasteiger partial charge in [-0.3, -0.25) is 14.7 Å². The Bertz CT molecular complexity index is 1150. The van der Waals surface area contributed by atoms with Gasteiger partial charge in [0, 0.05) is 38.4 Å². The van der Waals surface area contributed by atoms with Gasteiger partial charge < -0.3 is 27.0 Å². The molecular weight excluding hydrogens is 614 g/mol. The van der Waals surface area contributed by atoms with E-state index in [-0.39, 0.29) is 18.0 Å². The molecular formula is C32H58F2N8O3S. The molecule has 0 aromatic rings. The summed E-state index contributed by atoms with van der Waals surface area (Å²) in [6, 6.07) is -1.70. The third kappa shape index (κ3) is 7.94. The summed E-state index contributed by atoms with van der Waals surface area (Å²) in [6.45, 7) is 8.83. The van der Waals surface area contributed by atoms with E-state index >= 15 is 4.39 Å². The fraction of sp³-hybridized carbons (Fsp3) is 0.938. The molecule has 0 spiro atoms. The van der Waals surface area contributed by atoms with Crippen LogP contribution in [0.3, 0.4) is 0 Å². The van der Waals surface area contributed by atoms with Gasteiger partial charge in [-0.05, 0) is 83.0 Å². The number of amides is 1. The van der Waals surface area contributed by atoms with Gasteiger partial charge in [-0.2, -0.15) is 4.31 Å². The number of piperidine rings is 3. The van der Waals surface area contributed by atoms with Crippen LogP contribution in [0.4, 0.5) is 8.78 Å². The Hall–Kier alpha value is -1.29. The fourth-order valence-corrected chi connectivity index (χ4v) is 11.2. The molecule has 46 heavy (non-hydrogen) atoms. The Morgan fingerprint density at radius 1 is 1.04 bits per heavy atom. The zero-order chi connectivity index (χ0) is 33.1. The summed E-state index contributed by atoms with van der Waals surface area (Å²) in [5.41, 5.74) is 12.3. The summed E-state index contributed by atoms with van der Waals surface area (Å²) >= 11 is 0. The highest BCUT2D eigenvalue weighted by Gasteiger charge is 2.46. The molecule has 0 saturated carbocycles. The topological polar surface area (TPSA) is 149 Å². The maximum absolute atomic E-state index is 15.7. The van der Waals surface area contributed by atoms with Gasteiger partial charge in [-0.1, -0.05) is 26.7 Å². The Morgan fingerprint density at radius 3 is 2.41 bits per heavy atom. The highest BCUT2D eigenvalue weighted by molar-refractivity contribution is 7.89. The highest BCUT2D eigenvalue weighted by atomic mass is 32.2. The van der Waals surface area contributed by atoms with Crippen molar-refractivity contribution in [2.24, 2.45) is 27.8 Å². The summed E-state index contributed by atoms with van der Waals surface area (Å²) in [5, 5.41) is 5.69. The average molecular weight is 673 g/mol. The largest absolute Gasteiger partial charge is 0.350 e. The van der Waals surface area contributed by atoms with E-state index in [4.69, 9.17) is 11.5 Å². The van der Waals surface area contributed by atoms with Crippen molar-refractivity contribution in [3.05, 3.63) is 0 Å². The molecule has 0 aliphatic carbocycles. The van der Waals surface area contributed by atoms with Crippen LogP contribution in [0.25, 0.3) is 0 Å². The number of nitrogens with zero attached hydrogens (tertiary/aromatic N) is 4. The standard InChI is InChI=1S/C32H58F2N8O3S/c1-3-10-32(4-2)11-5-22(33)19-38-26(18-32)28(30(35)36)31(43)39-27-21-37-20-25(34)29(27)41-14-8-24(9-15-41)46(44,45)42-17-16-40-12-6-23(42)7-13-40/h19,22-30,37H,3-18,20-21,35-36H2,1-2H3,(H,39,43)/b38-19-/t22-,25?,26?,27?,28?,29?,32?/m0/s1. The van der Waals surface area contributed by atoms with Crippen molar-refractivity contribution >= 4 is 22.1 Å². The number of fused-ring (bicyclic) bond motifs is 4. The molecule has 0 aromatic carbocycles. The number of sulfonamides is 1. The quantitative estimate of drug-likeness (QED) is 0.255. The van der Waals surface area contributed by atoms with E-state index in [0.29, 0.717) is 58.3 Å². The van der Waals surface area contributed by atoms with E-state index in [2.05, 4.69) is 34.4 Å². The van der Waals surface area contributed by atoms with Crippen molar-refractivity contribution < 1.29 is 22.0 Å². The Morgan fingerprint density at radius 2 is 1.76 bits per heavy atom. The second-order valence-corrected chi connectivity index (χ2v) is 16.7. The number of carbonyl (C=O) groups excluding carboxylic acids is 1. The molecule has 6 aliphatic heterocycles. The number of hydrogen-bond donors (Lipinski definition) is 4. The number of nitrogens with one attached hydrogen (secondary N) is 2. The second kappa shape index (κ2) is 15.5. The van der Waals surface area contributed by atoms with Crippen LogP contribution in [0.5, 0.6) is 0 Å². The predicted molar refractivity (Wildman–Crippen MR) is 177 cm³/mol. The van der Waals surface area contributed by atoms with Crippen LogP contribution in [0.2, 0.25) is 0 Å². The number of halogens is 2. The number of nitrogens with two attached hydrogens (primary N) is 2. The van der Waals surface area contributed by atoms with Gasteiger partial charge in [-0.15, -0.1) is 0 Å². The molecule has 6 rings (SSSR count). The van der Waals surface area contributed by atoms with Gasteiger partial charge in [0.25, 0.3) is 0 Å². The number of carbonyl (C=O) groups is 1. The smallest absolute Gasteiger partial charge is 0.228 e. The van der Waals surface area contributed by atoms with Gasteiger partial charge in [-0.25, -0.2) is 17.2 Å². The molecule has 0 radical (unpaired) electrons. The first kappa shape index (κ1) is 36.0. The Balaban J connectivity index is 1.27. The molecule has 5 fully saturated rings. The van der Waals surface area contributed by atoms with Crippen LogP contribution < -0.4 is 22.1 Å². The molecule has 6 unspecified atom stereocenters. The lowest BCUT2D eigenvalue weighted by Crippen LogP contribution is -2.67. The third-order valence-corrected chi connectivity index (χ3v) is 14.2. The van der Waals surface area contributed by atoms with Crippen LogP contribution in [-0.2, 0) is 14.8 Å². The lowest BCUT2D eigenvalue weighted by atomic mass is 9.69. The zero-order valence-corrected chi connectivity index (χ0v) is 28.7. The van der Waals surface area contributed by atoms with E-state index in [1.807, 2.05) is 4.90 Å². The monoisotopic (exact) mass is 672 g/mol. The van der Waals surface area contributed by atoms with E-state index in [0.717, 1.165) is 51.7 Å². The number of likely N-dealkylation sites (tertiary alicyclic amines) is 1. The minimum Gasteiger partial charge on any atom is -0.350 e. The van der Waals surface area contributed by atoms with Crippen molar-refractivity contribution in [3.63, 3.8) is 0 Å². The molecule has 264 valence electrons. The van der Waals surface area contributed by atoms with Gasteiger partial charge in [0.05, 0.1) is 35.5 Å². The molecule has 0 aromatic heterocycles. The maximum Gasteiger partial charge on any atom is 0.228 e. The molecule has 6 heterocycles. The molecule has 2 bridgehead atoms. The molecule has 5 saturated heterocycles. The first-order valence-electron chi connectivity index (χ1n) is 17.8. The number of rotatable bonds is 10. The summed E-state index contributed by atoms with van der Waals surface area (Å²) < 4.78 is 59.7. The van der Waals surface area contributed by atoms with Crippen LogP contribution in [0.1, 0.15) is 78.1 Å². The first-order valence-corrected chi connectivity index (χ1v) is 19.3. The Kier molecular flexibility index (Phi) is 12.1. The average Bonchev–Trinajstić information content (AvgIpc) is 3.37. The van der Waals surface area contributed by atoms with E-state index < -0.39 is 63.7 Å². The third-order valence-electron chi connectivity index (χ3n) is 11.8. The highest BCUT2D eigenvalue weighted by Crippen LogP contribution is 2.42. The predicted octanol–water partition coefficient (Wildman–Crippen LogP) is 1.37. The second-order valence-electron chi connectivity index (χ2n) is 14.6. The van der Waals surface area contributed by atoms with Crippen molar-refractivity contribution in [1.82, 2.24) is 24.7 Å². The lowest BCUT2D eigenvalue weighted by molar-refractivity contribution is -0.128. The van der Waals surface area contributed by atoms with Gasteiger partial charge in [0.15, 0.2) is 0 Å². The summed E-state index contributed by atoms with van der Waals surface area (Å²) in [4.78, 5) is 22.9. The van der Waals surface area contributed by atoms with Gasteiger partial charge in [0.1, 0.15) is 12.3 Å². The number of alkyl halides is 2. The molecule has 11 nitrogen and oxygen atoms in total. The maximum atomic E-state index is 15.7. The van der Waals surface area contributed by atoms with Crippen LogP contribution in [-0.4, -0.2) is 135 Å². The van der Waals surface area contributed by atoms with Gasteiger partial charge in [0.2, 0.25) is 15.9 Å². The van der Waals surface area contributed by atoms with Crippen LogP contribution >= 0.6 is 0 Å². The number of aliphatic imine (C=N–C) groups is 1. The molecule has 14 heteroatoms. The molecule has 7 atom stereocenters. The molecule has 6 aliphatic rings. The van der Waals surface area contributed by atoms with Crippen molar-refractivity contribution in [2.75, 3.05) is 52.4 Å². The minimum atomic E-state index is -3.47. The Labute approximate surface area is 274 Å². The SMILES string of the molecule is CCCC1(CC)CC[C@H](F)/C=N\C(C(C(=O)NC2CNCC(F)C2N2CCC(S(=O)(=O)N3CCN4CCC3CC4)CC2)C(N)N)C1. The van der Waals surface area contributed by atoms with E-state index in [9.17, 15) is 17.6 Å². The van der Waals surface area contributed by atoms with Crippen LogP contribution in [0, 0.1) is 11.3 Å². The summed E-state index contributed by atoms with van der Waals surface area (Å²) in [7, 11) is -3.47. The van der Waals surface area contributed by atoms with E-state index in [1.165, 1.54) is 6.21 Å². The normalized spacial score (nSPS) is 38.5. The summed E-state index contributed by atoms with van der Waals surface area (Å²) in [6.07, 6.45) is 4.81. The molecule has 6 N–H and O–H groups in total. The van der Waals surface area contributed by atoms with Crippen molar-refractivity contribution in [3.8, 4) is 0 Å². The first-order chi connectivity index (χ1) is 22.0. The van der Waals surface area contributed by atoms with Gasteiger partial charge >= 0.3 is 0 Å². The summed E-state index contributed by atoms with van der Waals surface area (Å²) in [5.74, 6) is -1.30. The zero-order valence-electron chi connectivity index (χ0n) is 27.8. The molecule has 1 amide bonds. The van der Waals surface area contributed by atoms with E-state index in [1.54, 1.807) is 4.31 Å².